The highest BCUT2D eigenvalue weighted by Gasteiger charge is 2.27. The number of nitrogens with one attached hydrogen (secondary N) is 1. The van der Waals surface area contributed by atoms with Crippen LogP contribution in [0.25, 0.3) is 0 Å². The Labute approximate surface area is 106 Å². The van der Waals surface area contributed by atoms with E-state index < -0.39 is 0 Å². The van der Waals surface area contributed by atoms with E-state index in [1.165, 1.54) is 4.88 Å². The van der Waals surface area contributed by atoms with E-state index in [1.807, 2.05) is 11.4 Å². The molecule has 4 heteroatoms. The maximum absolute atomic E-state index is 11.8. The zero-order valence-electron chi connectivity index (χ0n) is 9.89. The predicted octanol–water partition coefficient (Wildman–Crippen LogP) is 1.96. The lowest BCUT2D eigenvalue weighted by atomic mass is 10.0. The third kappa shape index (κ3) is 3.54. The van der Waals surface area contributed by atoms with Gasteiger partial charge in [0.05, 0.1) is 0 Å². The van der Waals surface area contributed by atoms with Crippen molar-refractivity contribution in [1.82, 2.24) is 5.32 Å². The van der Waals surface area contributed by atoms with Gasteiger partial charge < -0.3 is 10.4 Å². The molecule has 1 aromatic rings. The Hall–Kier alpha value is -0.870. The molecule has 0 spiro atoms. The van der Waals surface area contributed by atoms with Gasteiger partial charge in [0.25, 0.3) is 0 Å². The lowest BCUT2D eigenvalue weighted by Crippen LogP contribution is -2.38. The molecule has 1 saturated carbocycles. The minimum Gasteiger partial charge on any atom is -0.396 e. The van der Waals surface area contributed by atoms with Crippen LogP contribution in [0.1, 0.15) is 30.6 Å². The minimum absolute atomic E-state index is 0.115. The molecule has 0 aliphatic heterocycles. The summed E-state index contributed by atoms with van der Waals surface area (Å²) in [5.74, 6) is 0.379. The van der Waals surface area contributed by atoms with E-state index in [1.54, 1.807) is 11.3 Å². The van der Waals surface area contributed by atoms with Gasteiger partial charge in [0, 0.05) is 29.9 Å². The normalized spacial score (nSPS) is 23.8. The molecule has 0 aromatic carbocycles. The van der Waals surface area contributed by atoms with Crippen LogP contribution >= 0.6 is 11.3 Å². The highest BCUT2D eigenvalue weighted by atomic mass is 32.1. The molecule has 0 bridgehead atoms. The monoisotopic (exact) mass is 253 g/mol. The molecule has 94 valence electrons. The summed E-state index contributed by atoms with van der Waals surface area (Å²) in [5.41, 5.74) is 0. The quantitative estimate of drug-likeness (QED) is 0.842. The highest BCUT2D eigenvalue weighted by Crippen LogP contribution is 2.25. The predicted molar refractivity (Wildman–Crippen MR) is 69.0 cm³/mol. The molecular weight excluding hydrogens is 234 g/mol. The zero-order valence-corrected chi connectivity index (χ0v) is 10.7. The number of aliphatic hydroxyl groups is 1. The van der Waals surface area contributed by atoms with Gasteiger partial charge in [-0.3, -0.25) is 4.79 Å². The van der Waals surface area contributed by atoms with Crippen LogP contribution < -0.4 is 5.32 Å². The number of rotatable bonds is 5. The van der Waals surface area contributed by atoms with Crippen molar-refractivity contribution in [3.8, 4) is 0 Å². The first-order valence-corrected chi connectivity index (χ1v) is 7.10. The van der Waals surface area contributed by atoms with Crippen LogP contribution in [0.2, 0.25) is 0 Å². The Balaban J connectivity index is 1.73. The van der Waals surface area contributed by atoms with Crippen LogP contribution in [0, 0.1) is 5.92 Å². The first-order valence-electron chi connectivity index (χ1n) is 6.22. The van der Waals surface area contributed by atoms with Crippen molar-refractivity contribution in [2.75, 3.05) is 6.61 Å². The van der Waals surface area contributed by atoms with Gasteiger partial charge in [0.15, 0.2) is 0 Å². The lowest BCUT2D eigenvalue weighted by Gasteiger charge is -2.18. The van der Waals surface area contributed by atoms with E-state index in [9.17, 15) is 9.90 Å². The molecule has 1 fully saturated rings. The van der Waals surface area contributed by atoms with E-state index in [-0.39, 0.29) is 24.5 Å². The SMILES string of the molecule is O=C(CCc1cccs1)NC1CCCC1CO. The molecule has 0 radical (unpaired) electrons. The van der Waals surface area contributed by atoms with Crippen molar-refractivity contribution in [2.45, 2.75) is 38.1 Å². The second kappa shape index (κ2) is 6.17. The van der Waals surface area contributed by atoms with Crippen molar-refractivity contribution < 1.29 is 9.90 Å². The molecule has 3 nitrogen and oxygen atoms in total. The van der Waals surface area contributed by atoms with Crippen LogP contribution in [-0.4, -0.2) is 23.7 Å². The number of thiophene rings is 1. The van der Waals surface area contributed by atoms with Gasteiger partial charge in [-0.1, -0.05) is 12.5 Å². The molecule has 1 aliphatic carbocycles. The Morgan fingerprint density at radius 1 is 1.53 bits per heavy atom. The van der Waals surface area contributed by atoms with Crippen LogP contribution in [0.4, 0.5) is 0 Å². The number of carbonyl (C=O) groups excluding carboxylic acids is 1. The molecule has 17 heavy (non-hydrogen) atoms. The van der Waals surface area contributed by atoms with Gasteiger partial charge >= 0.3 is 0 Å². The maximum atomic E-state index is 11.8. The largest absolute Gasteiger partial charge is 0.396 e. The van der Waals surface area contributed by atoms with E-state index in [4.69, 9.17) is 0 Å². The average molecular weight is 253 g/mol. The Bertz CT molecular complexity index is 350. The van der Waals surface area contributed by atoms with Gasteiger partial charge in [0.1, 0.15) is 0 Å². The number of carbonyl (C=O) groups is 1. The topological polar surface area (TPSA) is 49.3 Å². The van der Waals surface area contributed by atoms with Crippen molar-refractivity contribution in [3.05, 3.63) is 22.4 Å². The van der Waals surface area contributed by atoms with Gasteiger partial charge in [-0.25, -0.2) is 0 Å². The van der Waals surface area contributed by atoms with Gasteiger partial charge in [-0.15, -0.1) is 11.3 Å². The van der Waals surface area contributed by atoms with Crippen LogP contribution in [0.5, 0.6) is 0 Å². The third-order valence-electron chi connectivity index (χ3n) is 3.42. The Morgan fingerprint density at radius 2 is 2.41 bits per heavy atom. The fourth-order valence-electron chi connectivity index (χ4n) is 2.42. The summed E-state index contributed by atoms with van der Waals surface area (Å²) < 4.78 is 0. The van der Waals surface area contributed by atoms with E-state index in [0.717, 1.165) is 25.7 Å². The minimum atomic E-state index is 0.115. The fourth-order valence-corrected chi connectivity index (χ4v) is 3.12. The second-order valence-electron chi connectivity index (χ2n) is 4.63. The molecule has 1 aromatic heterocycles. The molecule has 1 heterocycles. The number of aliphatic hydroxyl groups excluding tert-OH is 1. The summed E-state index contributed by atoms with van der Waals surface area (Å²) in [4.78, 5) is 13.0. The summed E-state index contributed by atoms with van der Waals surface area (Å²) >= 11 is 1.69. The lowest BCUT2D eigenvalue weighted by molar-refractivity contribution is -0.122. The molecule has 2 unspecified atom stereocenters. The number of hydrogen-bond donors (Lipinski definition) is 2. The molecule has 0 saturated heterocycles. The third-order valence-corrected chi connectivity index (χ3v) is 4.35. The Morgan fingerprint density at radius 3 is 3.12 bits per heavy atom. The second-order valence-corrected chi connectivity index (χ2v) is 5.66. The molecule has 2 N–H and O–H groups in total. The fraction of sp³-hybridized carbons (Fsp3) is 0.615. The summed E-state index contributed by atoms with van der Waals surface area (Å²) in [6.07, 6.45) is 4.53. The van der Waals surface area contributed by atoms with Crippen LogP contribution in [0.15, 0.2) is 17.5 Å². The highest BCUT2D eigenvalue weighted by molar-refractivity contribution is 7.09. The van der Waals surface area contributed by atoms with E-state index >= 15 is 0 Å². The van der Waals surface area contributed by atoms with Crippen molar-refractivity contribution >= 4 is 17.2 Å². The summed E-state index contributed by atoms with van der Waals surface area (Å²) in [6.45, 7) is 0.190. The van der Waals surface area contributed by atoms with Crippen LogP contribution in [0.3, 0.4) is 0 Å². The molecule has 2 atom stereocenters. The standard InChI is InChI=1S/C13H19NO2S/c15-9-10-3-1-5-12(10)14-13(16)7-6-11-4-2-8-17-11/h2,4,8,10,12,15H,1,3,5-7,9H2,(H,14,16). The zero-order chi connectivity index (χ0) is 12.1. The van der Waals surface area contributed by atoms with E-state index in [0.29, 0.717) is 6.42 Å². The van der Waals surface area contributed by atoms with Gasteiger partial charge in [-0.2, -0.15) is 0 Å². The number of aryl methyl sites for hydroxylation is 1. The molecule has 1 amide bonds. The molecule has 1 aliphatic rings. The van der Waals surface area contributed by atoms with Gasteiger partial charge in [0.2, 0.25) is 5.91 Å². The first-order chi connectivity index (χ1) is 8.29. The van der Waals surface area contributed by atoms with Gasteiger partial charge in [-0.05, 0) is 30.7 Å². The number of amides is 1. The number of hydrogen-bond acceptors (Lipinski definition) is 3. The average Bonchev–Trinajstić information content (AvgIpc) is 2.97. The van der Waals surface area contributed by atoms with E-state index in [2.05, 4.69) is 11.4 Å². The van der Waals surface area contributed by atoms with Crippen molar-refractivity contribution in [3.63, 3.8) is 0 Å². The van der Waals surface area contributed by atoms with Crippen molar-refractivity contribution in [2.24, 2.45) is 5.92 Å². The van der Waals surface area contributed by atoms with Crippen LogP contribution in [-0.2, 0) is 11.2 Å². The summed E-state index contributed by atoms with van der Waals surface area (Å²) in [7, 11) is 0. The summed E-state index contributed by atoms with van der Waals surface area (Å²) in [6, 6.07) is 4.26. The maximum Gasteiger partial charge on any atom is 0.220 e. The Kier molecular flexibility index (Phi) is 4.57. The molecule has 2 rings (SSSR count). The van der Waals surface area contributed by atoms with Crippen molar-refractivity contribution in [1.29, 1.82) is 0 Å². The smallest absolute Gasteiger partial charge is 0.220 e. The first kappa shape index (κ1) is 12.6. The molecular formula is C13H19NO2S. The summed E-state index contributed by atoms with van der Waals surface area (Å²) in [5, 5.41) is 14.3.